The molecular weight excluding hydrogens is 625 g/mol. The monoisotopic (exact) mass is 653 g/mol. The third-order valence-corrected chi connectivity index (χ3v) is 8.43. The van der Waals surface area contributed by atoms with Crippen molar-refractivity contribution in [1.29, 1.82) is 0 Å². The van der Waals surface area contributed by atoms with Crippen LogP contribution in [-0.4, -0.2) is 43.3 Å². The molecule has 2 amide bonds. The van der Waals surface area contributed by atoms with E-state index in [9.17, 15) is 18.0 Å². The molecule has 0 saturated heterocycles. The predicted molar refractivity (Wildman–Crippen MR) is 159 cm³/mol. The van der Waals surface area contributed by atoms with E-state index in [1.165, 1.54) is 35.2 Å². The van der Waals surface area contributed by atoms with Crippen molar-refractivity contribution >= 4 is 66.7 Å². The Labute approximate surface area is 248 Å². The lowest BCUT2D eigenvalue weighted by atomic mass is 10.1. The van der Waals surface area contributed by atoms with Gasteiger partial charge in [0.2, 0.25) is 11.8 Å². The second kappa shape index (κ2) is 12.7. The number of nitrogens with zero attached hydrogens (tertiary/aromatic N) is 2. The highest BCUT2D eigenvalue weighted by Gasteiger charge is 2.33. The summed E-state index contributed by atoms with van der Waals surface area (Å²) in [6.07, 6.45) is 0. The normalized spacial score (nSPS) is 12.5. The van der Waals surface area contributed by atoms with Gasteiger partial charge in [-0.3, -0.25) is 13.9 Å². The van der Waals surface area contributed by atoms with Crippen molar-refractivity contribution in [2.75, 3.05) is 10.8 Å². The molecule has 0 saturated carbocycles. The van der Waals surface area contributed by atoms with E-state index in [-0.39, 0.29) is 33.1 Å². The Balaban J connectivity index is 2.05. The average molecular weight is 655 g/mol. The fourth-order valence-corrected chi connectivity index (χ4v) is 5.97. The lowest BCUT2D eigenvalue weighted by Gasteiger charge is -2.33. The fraction of sp³-hybridized carbons (Fsp3) is 0.286. The quantitative estimate of drug-likeness (QED) is 0.294. The summed E-state index contributed by atoms with van der Waals surface area (Å²) in [5, 5.41) is 3.32. The van der Waals surface area contributed by atoms with Crippen LogP contribution in [0.4, 0.5) is 5.69 Å². The van der Waals surface area contributed by atoms with Gasteiger partial charge in [-0.05, 0) is 75.7 Å². The summed E-state index contributed by atoms with van der Waals surface area (Å²) < 4.78 is 29.4. The second-order valence-electron chi connectivity index (χ2n) is 10.0. The van der Waals surface area contributed by atoms with Gasteiger partial charge in [0.15, 0.2) is 0 Å². The summed E-state index contributed by atoms with van der Waals surface area (Å²) in [6, 6.07) is 18.5. The highest BCUT2D eigenvalue weighted by Crippen LogP contribution is 2.30. The molecule has 0 radical (unpaired) electrons. The maximum atomic E-state index is 13.9. The molecule has 3 aromatic carbocycles. The summed E-state index contributed by atoms with van der Waals surface area (Å²) in [5.41, 5.74) is 0.364. The summed E-state index contributed by atoms with van der Waals surface area (Å²) in [6.45, 7) is 6.64. The summed E-state index contributed by atoms with van der Waals surface area (Å²) in [5.74, 6) is -0.943. The van der Waals surface area contributed by atoms with Crippen LogP contribution >= 0.6 is 39.1 Å². The summed E-state index contributed by atoms with van der Waals surface area (Å²) in [7, 11) is -4.21. The molecule has 0 fully saturated rings. The molecule has 7 nitrogen and oxygen atoms in total. The number of carbonyl (C=O) groups is 2. The number of nitrogens with one attached hydrogen (secondary N) is 1. The average Bonchev–Trinajstić information content (AvgIpc) is 2.85. The molecule has 0 aliphatic carbocycles. The predicted octanol–water partition coefficient (Wildman–Crippen LogP) is 6.28. The van der Waals surface area contributed by atoms with Gasteiger partial charge >= 0.3 is 0 Å². The van der Waals surface area contributed by atoms with Gasteiger partial charge in [0.1, 0.15) is 12.6 Å². The van der Waals surface area contributed by atoms with Gasteiger partial charge in [-0.25, -0.2) is 8.42 Å². The van der Waals surface area contributed by atoms with Gasteiger partial charge < -0.3 is 10.2 Å². The third kappa shape index (κ3) is 8.45. The molecule has 0 bridgehead atoms. The van der Waals surface area contributed by atoms with Crippen molar-refractivity contribution in [2.24, 2.45) is 0 Å². The number of rotatable bonds is 9. The zero-order valence-corrected chi connectivity index (χ0v) is 25.9. The van der Waals surface area contributed by atoms with Gasteiger partial charge in [-0.1, -0.05) is 69.5 Å². The molecule has 0 heterocycles. The van der Waals surface area contributed by atoms with Gasteiger partial charge in [-0.15, -0.1) is 0 Å². The van der Waals surface area contributed by atoms with Crippen molar-refractivity contribution in [3.63, 3.8) is 0 Å². The van der Waals surface area contributed by atoms with E-state index in [0.29, 0.717) is 0 Å². The molecule has 0 spiro atoms. The van der Waals surface area contributed by atoms with Crippen LogP contribution in [0.5, 0.6) is 0 Å². The molecule has 39 heavy (non-hydrogen) atoms. The molecule has 11 heteroatoms. The molecule has 0 aliphatic heterocycles. The molecule has 3 rings (SSSR count). The number of sulfonamides is 1. The minimum atomic E-state index is -4.21. The van der Waals surface area contributed by atoms with Crippen LogP contribution in [0.25, 0.3) is 0 Å². The third-order valence-electron chi connectivity index (χ3n) is 5.68. The molecule has 1 atom stereocenters. The van der Waals surface area contributed by atoms with Crippen molar-refractivity contribution < 1.29 is 18.0 Å². The van der Waals surface area contributed by atoms with E-state index in [2.05, 4.69) is 21.2 Å². The molecule has 0 aliphatic rings. The van der Waals surface area contributed by atoms with Gasteiger partial charge in [0.05, 0.1) is 10.6 Å². The maximum Gasteiger partial charge on any atom is 0.264 e. The maximum absolute atomic E-state index is 13.9. The number of hydrogen-bond donors (Lipinski definition) is 1. The zero-order valence-electron chi connectivity index (χ0n) is 22.0. The fourth-order valence-electron chi connectivity index (χ4n) is 3.77. The van der Waals surface area contributed by atoms with Crippen LogP contribution in [0.15, 0.2) is 82.2 Å². The number of halogens is 3. The van der Waals surface area contributed by atoms with Crippen LogP contribution in [0.2, 0.25) is 10.0 Å². The molecule has 1 N–H and O–H groups in total. The van der Waals surface area contributed by atoms with Crippen molar-refractivity contribution in [1.82, 2.24) is 10.2 Å². The Morgan fingerprint density at radius 2 is 1.51 bits per heavy atom. The Bertz CT molecular complexity index is 1410. The number of anilines is 1. The first-order valence-corrected chi connectivity index (χ1v) is 15.1. The van der Waals surface area contributed by atoms with Crippen LogP contribution in [0, 0.1) is 0 Å². The van der Waals surface area contributed by atoms with E-state index in [1.54, 1.807) is 25.1 Å². The SMILES string of the molecule is C[C@@H](C(=O)NC(C)(C)C)N(Cc1ccc(Br)cc1)C(=O)CN(c1cc(Cl)cc(Cl)c1)S(=O)(=O)c1ccccc1. The summed E-state index contributed by atoms with van der Waals surface area (Å²) in [4.78, 5) is 28.4. The van der Waals surface area contributed by atoms with E-state index >= 15 is 0 Å². The number of hydrogen-bond acceptors (Lipinski definition) is 4. The van der Waals surface area contributed by atoms with Crippen molar-refractivity contribution in [2.45, 2.75) is 50.7 Å². The lowest BCUT2D eigenvalue weighted by molar-refractivity contribution is -0.140. The Morgan fingerprint density at radius 1 is 0.949 bits per heavy atom. The zero-order chi connectivity index (χ0) is 29.0. The Hall–Kier alpha value is -2.59. The van der Waals surface area contributed by atoms with Crippen LogP contribution < -0.4 is 9.62 Å². The van der Waals surface area contributed by atoms with E-state index < -0.39 is 34.1 Å². The Morgan fingerprint density at radius 3 is 2.05 bits per heavy atom. The lowest BCUT2D eigenvalue weighted by Crippen LogP contribution is -2.54. The number of benzene rings is 3. The summed E-state index contributed by atoms with van der Waals surface area (Å²) >= 11 is 15.8. The van der Waals surface area contributed by atoms with Crippen molar-refractivity contribution in [3.05, 3.63) is 92.9 Å². The largest absolute Gasteiger partial charge is 0.350 e. The van der Waals surface area contributed by atoms with E-state index in [0.717, 1.165) is 14.3 Å². The minimum Gasteiger partial charge on any atom is -0.350 e. The molecule has 0 unspecified atom stereocenters. The first kappa shape index (κ1) is 30.9. The first-order chi connectivity index (χ1) is 18.2. The first-order valence-electron chi connectivity index (χ1n) is 12.1. The molecule has 3 aromatic rings. The molecule has 208 valence electrons. The van der Waals surface area contributed by atoms with E-state index in [1.807, 2.05) is 45.0 Å². The van der Waals surface area contributed by atoms with E-state index in [4.69, 9.17) is 23.2 Å². The van der Waals surface area contributed by atoms with Crippen LogP contribution in [0.3, 0.4) is 0 Å². The topological polar surface area (TPSA) is 86.8 Å². The van der Waals surface area contributed by atoms with Gasteiger partial charge in [0, 0.05) is 26.6 Å². The Kier molecular flexibility index (Phi) is 10.1. The van der Waals surface area contributed by atoms with Gasteiger partial charge in [0.25, 0.3) is 10.0 Å². The molecular formula is C28H30BrCl2N3O4S. The molecule has 0 aromatic heterocycles. The van der Waals surface area contributed by atoms with Gasteiger partial charge in [-0.2, -0.15) is 0 Å². The number of carbonyl (C=O) groups excluding carboxylic acids is 2. The second-order valence-corrected chi connectivity index (χ2v) is 13.7. The van der Waals surface area contributed by atoms with Crippen LogP contribution in [-0.2, 0) is 26.2 Å². The standard InChI is InChI=1S/C28H30BrCl2N3O4S/c1-19(27(36)32-28(2,3)4)33(17-20-10-12-21(29)13-11-20)26(35)18-34(24-15-22(30)14-23(31)16-24)39(37,38)25-8-6-5-7-9-25/h5-16,19H,17-18H2,1-4H3,(H,32,36)/t19-/m0/s1. The highest BCUT2D eigenvalue weighted by molar-refractivity contribution is 9.10. The van der Waals surface area contributed by atoms with Crippen molar-refractivity contribution in [3.8, 4) is 0 Å². The van der Waals surface area contributed by atoms with Crippen LogP contribution in [0.1, 0.15) is 33.3 Å². The minimum absolute atomic E-state index is 0.00752. The number of amides is 2. The smallest absolute Gasteiger partial charge is 0.264 e. The highest BCUT2D eigenvalue weighted by atomic mass is 79.9.